The lowest BCUT2D eigenvalue weighted by molar-refractivity contribution is -0.121. The Morgan fingerprint density at radius 2 is 1.97 bits per heavy atom. The second-order valence-electron chi connectivity index (χ2n) is 10.9. The Kier molecular flexibility index (Phi) is 9.72. The fraction of sp³-hybridized carbons (Fsp3) is 0.433. The van der Waals surface area contributed by atoms with Crippen molar-refractivity contribution in [3.8, 4) is 6.07 Å². The molecule has 2 aromatic rings. The molecule has 2 aromatic carbocycles. The summed E-state index contributed by atoms with van der Waals surface area (Å²) in [5.74, 6) is -0.979. The molecule has 4 atom stereocenters. The van der Waals surface area contributed by atoms with Crippen LogP contribution >= 0.6 is 11.6 Å². The van der Waals surface area contributed by atoms with E-state index >= 15 is 0 Å². The Labute approximate surface area is 230 Å². The topological polar surface area (TPSA) is 121 Å². The van der Waals surface area contributed by atoms with E-state index < -0.39 is 17.4 Å². The Morgan fingerprint density at radius 1 is 1.26 bits per heavy atom. The molecule has 0 aromatic heterocycles. The van der Waals surface area contributed by atoms with Crippen LogP contribution in [0.1, 0.15) is 56.7 Å². The van der Waals surface area contributed by atoms with Crippen molar-refractivity contribution in [3.05, 3.63) is 82.5 Å². The Morgan fingerprint density at radius 3 is 2.58 bits per heavy atom. The van der Waals surface area contributed by atoms with E-state index in [0.29, 0.717) is 18.0 Å². The number of amides is 1. The van der Waals surface area contributed by atoms with Gasteiger partial charge >= 0.3 is 0 Å². The van der Waals surface area contributed by atoms with Gasteiger partial charge in [-0.3, -0.25) is 10.2 Å². The quantitative estimate of drug-likeness (QED) is 0.185. The molecule has 38 heavy (non-hydrogen) atoms. The van der Waals surface area contributed by atoms with Crippen LogP contribution in [0.2, 0.25) is 5.02 Å². The lowest BCUT2D eigenvalue weighted by Gasteiger charge is -2.37. The monoisotopic (exact) mass is 535 g/mol. The summed E-state index contributed by atoms with van der Waals surface area (Å²) in [6, 6.07) is 17.0. The molecule has 0 bridgehead atoms. The van der Waals surface area contributed by atoms with Crippen LogP contribution in [0.5, 0.6) is 0 Å². The van der Waals surface area contributed by atoms with Gasteiger partial charge in [0.05, 0.1) is 18.7 Å². The summed E-state index contributed by atoms with van der Waals surface area (Å²) in [5.41, 5.74) is 1.64. The molecule has 8 heteroatoms. The minimum absolute atomic E-state index is 0.0371. The second-order valence-corrected chi connectivity index (χ2v) is 11.4. The second kappa shape index (κ2) is 12.6. The Hall–Kier alpha value is -3.18. The van der Waals surface area contributed by atoms with Gasteiger partial charge in [0, 0.05) is 29.7 Å². The van der Waals surface area contributed by atoms with E-state index in [1.165, 1.54) is 12.3 Å². The largest absolute Gasteiger partial charge is 0.395 e. The van der Waals surface area contributed by atoms with Gasteiger partial charge in [-0.15, -0.1) is 0 Å². The third-order valence-electron chi connectivity index (χ3n) is 6.96. The number of benzene rings is 2. The zero-order valence-electron chi connectivity index (χ0n) is 22.5. The number of carbonyl (C=O) groups is 1. The van der Waals surface area contributed by atoms with E-state index in [9.17, 15) is 10.1 Å². The molecule has 1 saturated heterocycles. The fourth-order valence-electron chi connectivity index (χ4n) is 5.31. The van der Waals surface area contributed by atoms with Gasteiger partial charge in [-0.25, -0.2) is 0 Å². The average Bonchev–Trinajstić information content (AvgIpc) is 3.20. The third-order valence-corrected chi connectivity index (χ3v) is 7.21. The molecule has 1 aliphatic heterocycles. The highest BCUT2D eigenvalue weighted by Crippen LogP contribution is 2.51. The number of aryl methyl sites for hydroxylation is 1. The summed E-state index contributed by atoms with van der Waals surface area (Å²) >= 11 is 6.23. The highest BCUT2D eigenvalue weighted by Gasteiger charge is 2.59. The number of hydrogen-bond donors (Lipinski definition) is 5. The van der Waals surface area contributed by atoms with E-state index in [1.807, 2.05) is 30.3 Å². The van der Waals surface area contributed by atoms with Gasteiger partial charge in [0.2, 0.25) is 5.91 Å². The molecule has 0 radical (unpaired) electrons. The first kappa shape index (κ1) is 29.4. The van der Waals surface area contributed by atoms with Gasteiger partial charge in [-0.1, -0.05) is 75.7 Å². The summed E-state index contributed by atoms with van der Waals surface area (Å²) in [6.07, 6.45) is 4.42. The standard InChI is InChI=1S/C30H38ClN5O2/c1-5-20-7-6-8-21(17-20)26-27(28(38)36-25(33)13-14-34-15-16-37)35-24(18-29(2,3)4)30(26,19-32)22-9-11-23(31)12-10-22/h6-14,17,24,26-27,34-35,37H,5,15-16,18H2,1-4H3,(H2,33,36,38)/b14-13-/t24-,26-,27+,30-/m0/s1. The highest BCUT2D eigenvalue weighted by molar-refractivity contribution is 6.30. The number of nitriles is 1. The van der Waals surface area contributed by atoms with Crippen molar-refractivity contribution >= 4 is 23.3 Å². The van der Waals surface area contributed by atoms with Crippen molar-refractivity contribution in [1.82, 2.24) is 16.0 Å². The van der Waals surface area contributed by atoms with Crippen LogP contribution in [-0.2, 0) is 16.6 Å². The maximum Gasteiger partial charge on any atom is 0.243 e. The van der Waals surface area contributed by atoms with Crippen molar-refractivity contribution in [2.75, 3.05) is 13.2 Å². The number of nitrogens with zero attached hydrogens (tertiary/aromatic N) is 1. The number of rotatable bonds is 9. The Bertz CT molecular complexity index is 1200. The summed E-state index contributed by atoms with van der Waals surface area (Å²) < 4.78 is 0. The molecule has 0 saturated carbocycles. The predicted molar refractivity (Wildman–Crippen MR) is 152 cm³/mol. The maximum atomic E-state index is 13.7. The molecule has 3 rings (SSSR count). The van der Waals surface area contributed by atoms with Gasteiger partial charge < -0.3 is 21.1 Å². The molecule has 202 valence electrons. The maximum absolute atomic E-state index is 13.7. The van der Waals surface area contributed by atoms with Crippen molar-refractivity contribution in [3.63, 3.8) is 0 Å². The first-order valence-corrected chi connectivity index (χ1v) is 13.4. The van der Waals surface area contributed by atoms with Gasteiger partial charge in [0.1, 0.15) is 11.3 Å². The normalized spacial score (nSPS) is 23.2. The molecular weight excluding hydrogens is 498 g/mol. The predicted octanol–water partition coefficient (Wildman–Crippen LogP) is 4.41. The number of hydrogen-bond acceptors (Lipinski definition) is 6. The molecule has 1 fully saturated rings. The molecule has 7 nitrogen and oxygen atoms in total. The number of carbonyl (C=O) groups excluding carboxylic acids is 1. The zero-order valence-corrected chi connectivity index (χ0v) is 23.3. The van der Waals surface area contributed by atoms with Gasteiger partial charge in [0.15, 0.2) is 0 Å². The summed E-state index contributed by atoms with van der Waals surface area (Å²) in [5, 5.41) is 37.8. The lowest BCUT2D eigenvalue weighted by atomic mass is 9.63. The molecule has 1 aliphatic rings. The lowest BCUT2D eigenvalue weighted by Crippen LogP contribution is -2.46. The van der Waals surface area contributed by atoms with Crippen LogP contribution in [0.4, 0.5) is 0 Å². The van der Waals surface area contributed by atoms with Crippen molar-refractivity contribution in [1.29, 1.82) is 10.7 Å². The molecule has 1 heterocycles. The molecular formula is C30H38ClN5O2. The van der Waals surface area contributed by atoms with Crippen molar-refractivity contribution in [2.24, 2.45) is 5.41 Å². The van der Waals surface area contributed by atoms with Gasteiger partial charge in [-0.2, -0.15) is 5.26 Å². The van der Waals surface area contributed by atoms with Crippen LogP contribution in [-0.4, -0.2) is 42.1 Å². The van der Waals surface area contributed by atoms with Crippen molar-refractivity contribution in [2.45, 2.75) is 64.0 Å². The zero-order chi connectivity index (χ0) is 27.9. The molecule has 0 aliphatic carbocycles. The van der Waals surface area contributed by atoms with Crippen LogP contribution in [0.25, 0.3) is 0 Å². The van der Waals surface area contributed by atoms with E-state index in [0.717, 1.165) is 23.1 Å². The minimum atomic E-state index is -1.06. The first-order chi connectivity index (χ1) is 18.1. The van der Waals surface area contributed by atoms with E-state index in [2.05, 4.69) is 55.8 Å². The summed E-state index contributed by atoms with van der Waals surface area (Å²) in [6.45, 7) is 8.76. The van der Waals surface area contributed by atoms with E-state index in [-0.39, 0.29) is 29.8 Å². The number of amidine groups is 1. The highest BCUT2D eigenvalue weighted by atomic mass is 35.5. The van der Waals surface area contributed by atoms with E-state index in [4.69, 9.17) is 22.1 Å². The van der Waals surface area contributed by atoms with E-state index in [1.54, 1.807) is 12.1 Å². The smallest absolute Gasteiger partial charge is 0.243 e. The molecule has 1 amide bonds. The molecule has 5 N–H and O–H groups in total. The summed E-state index contributed by atoms with van der Waals surface area (Å²) in [7, 11) is 0. The number of halogens is 1. The third kappa shape index (κ3) is 6.63. The Balaban J connectivity index is 2.14. The SMILES string of the molecule is CCc1cccc([C@H]2[C@H](C(=O)NC(=N)/C=C\NCCO)N[C@@H](CC(C)(C)C)[C@]2(C#N)c2ccc(Cl)cc2)c1. The number of nitrogens with one attached hydrogen (secondary N) is 4. The van der Waals surface area contributed by atoms with Crippen LogP contribution < -0.4 is 16.0 Å². The summed E-state index contributed by atoms with van der Waals surface area (Å²) in [4.78, 5) is 13.7. The van der Waals surface area contributed by atoms with Gasteiger partial charge in [0.25, 0.3) is 0 Å². The van der Waals surface area contributed by atoms with Gasteiger partial charge in [-0.05, 0) is 53.2 Å². The minimum Gasteiger partial charge on any atom is -0.395 e. The van der Waals surface area contributed by atoms with Crippen LogP contribution in [0.3, 0.4) is 0 Å². The molecule has 0 unspecified atom stereocenters. The molecule has 0 spiro atoms. The average molecular weight is 536 g/mol. The van der Waals surface area contributed by atoms with Crippen LogP contribution in [0.15, 0.2) is 60.8 Å². The number of aliphatic hydroxyl groups excluding tert-OH is 1. The van der Waals surface area contributed by atoms with Crippen molar-refractivity contribution < 1.29 is 9.90 Å². The fourth-order valence-corrected chi connectivity index (χ4v) is 5.43. The number of aliphatic hydroxyl groups is 1. The van der Waals surface area contributed by atoms with Crippen LogP contribution in [0, 0.1) is 22.2 Å². The first-order valence-electron chi connectivity index (χ1n) is 13.0.